The fraction of sp³-hybridized carbons (Fsp3) is 0.353. The highest BCUT2D eigenvalue weighted by Crippen LogP contribution is 2.28. The molecule has 0 aliphatic carbocycles. The Hall–Kier alpha value is -1.39. The third-order valence-corrected chi connectivity index (χ3v) is 3.64. The van der Waals surface area contributed by atoms with Gasteiger partial charge in [0.05, 0.1) is 0 Å². The van der Waals surface area contributed by atoms with E-state index in [0.717, 1.165) is 27.9 Å². The monoisotopic (exact) mass is 348 g/mol. The maximum atomic E-state index is 5.92. The molecule has 0 unspecified atom stereocenters. The summed E-state index contributed by atoms with van der Waals surface area (Å²) in [7, 11) is 0. The molecule has 2 rings (SSSR count). The Labute approximate surface area is 134 Å². The number of nitrogens with zero attached hydrogens (tertiary/aromatic N) is 1. The molecule has 21 heavy (non-hydrogen) atoms. The highest BCUT2D eigenvalue weighted by Gasteiger charge is 2.07. The molecule has 0 saturated carbocycles. The lowest BCUT2D eigenvalue weighted by atomic mass is 10.2. The fourth-order valence-corrected chi connectivity index (χ4v) is 2.45. The molecule has 112 valence electrons. The molecule has 1 N–H and O–H groups in total. The molecule has 0 aliphatic rings. The average molecular weight is 349 g/mol. The fourth-order valence-electron chi connectivity index (χ4n) is 1.98. The van der Waals surface area contributed by atoms with Crippen molar-refractivity contribution >= 4 is 15.9 Å². The molecule has 0 aliphatic heterocycles. The topological polar surface area (TPSA) is 34.1 Å². The van der Waals surface area contributed by atoms with Gasteiger partial charge < -0.3 is 10.1 Å². The van der Waals surface area contributed by atoms with Gasteiger partial charge in [-0.2, -0.15) is 0 Å². The van der Waals surface area contributed by atoms with Crippen molar-refractivity contribution in [1.82, 2.24) is 10.3 Å². The minimum absolute atomic E-state index is 0.464. The van der Waals surface area contributed by atoms with E-state index in [1.165, 1.54) is 5.56 Å². The zero-order valence-corrected chi connectivity index (χ0v) is 14.5. The van der Waals surface area contributed by atoms with Crippen LogP contribution in [-0.4, -0.2) is 11.0 Å². The first kappa shape index (κ1) is 16.0. The van der Waals surface area contributed by atoms with Crippen LogP contribution in [-0.2, 0) is 6.54 Å². The van der Waals surface area contributed by atoms with Crippen molar-refractivity contribution in [3.8, 4) is 11.6 Å². The first-order valence-corrected chi connectivity index (χ1v) is 7.88. The van der Waals surface area contributed by atoms with E-state index in [0.29, 0.717) is 11.9 Å². The summed E-state index contributed by atoms with van der Waals surface area (Å²) in [6.45, 7) is 9.14. The highest BCUT2D eigenvalue weighted by atomic mass is 79.9. The Morgan fingerprint density at radius 2 is 1.95 bits per heavy atom. The van der Waals surface area contributed by atoms with Crippen LogP contribution in [0.1, 0.15) is 30.5 Å². The van der Waals surface area contributed by atoms with E-state index in [1.54, 1.807) is 0 Å². The summed E-state index contributed by atoms with van der Waals surface area (Å²) >= 11 is 3.46. The Kier molecular flexibility index (Phi) is 5.37. The normalized spacial score (nSPS) is 11.0. The first-order chi connectivity index (χ1) is 9.95. The van der Waals surface area contributed by atoms with Gasteiger partial charge in [0.1, 0.15) is 5.75 Å². The van der Waals surface area contributed by atoms with Crippen LogP contribution in [0, 0.1) is 13.8 Å². The second kappa shape index (κ2) is 7.05. The molecule has 1 aromatic heterocycles. The lowest BCUT2D eigenvalue weighted by Crippen LogP contribution is -2.21. The van der Waals surface area contributed by atoms with Gasteiger partial charge in [-0.1, -0.05) is 29.8 Å². The number of benzene rings is 1. The van der Waals surface area contributed by atoms with Crippen LogP contribution in [0.3, 0.4) is 0 Å². The third kappa shape index (κ3) is 4.55. The van der Waals surface area contributed by atoms with E-state index in [9.17, 15) is 0 Å². The van der Waals surface area contributed by atoms with Crippen LogP contribution in [0.5, 0.6) is 11.6 Å². The van der Waals surface area contributed by atoms with Crippen LogP contribution >= 0.6 is 15.9 Å². The minimum Gasteiger partial charge on any atom is -0.438 e. The summed E-state index contributed by atoms with van der Waals surface area (Å²) in [6, 6.07) is 8.54. The third-order valence-electron chi connectivity index (χ3n) is 3.14. The largest absolute Gasteiger partial charge is 0.438 e. The van der Waals surface area contributed by atoms with Crippen molar-refractivity contribution < 1.29 is 4.74 Å². The van der Waals surface area contributed by atoms with Crippen molar-refractivity contribution in [1.29, 1.82) is 0 Å². The summed E-state index contributed by atoms with van der Waals surface area (Å²) in [5, 5.41) is 3.39. The molecule has 1 aromatic carbocycles. The SMILES string of the molecule is Cc1cc(Br)ccc1Oc1ncc(CNC(C)C)cc1C. The molecule has 2 aromatic rings. The van der Waals surface area contributed by atoms with Crippen molar-refractivity contribution in [3.63, 3.8) is 0 Å². The van der Waals surface area contributed by atoms with Crippen LogP contribution in [0.4, 0.5) is 0 Å². The number of halogens is 1. The smallest absolute Gasteiger partial charge is 0.222 e. The molecule has 0 amide bonds. The van der Waals surface area contributed by atoms with Gasteiger partial charge >= 0.3 is 0 Å². The van der Waals surface area contributed by atoms with Crippen molar-refractivity contribution in [2.24, 2.45) is 0 Å². The van der Waals surface area contributed by atoms with E-state index in [4.69, 9.17) is 4.74 Å². The van der Waals surface area contributed by atoms with Crippen LogP contribution in [0.15, 0.2) is 34.9 Å². The van der Waals surface area contributed by atoms with Gasteiger partial charge in [-0.3, -0.25) is 0 Å². The number of rotatable bonds is 5. The molecule has 0 radical (unpaired) electrons. The lowest BCUT2D eigenvalue weighted by molar-refractivity contribution is 0.454. The lowest BCUT2D eigenvalue weighted by Gasteiger charge is -2.12. The van der Waals surface area contributed by atoms with Gasteiger partial charge in [-0.05, 0) is 49.2 Å². The summed E-state index contributed by atoms with van der Waals surface area (Å²) in [5.41, 5.74) is 3.29. The predicted octanol–water partition coefficient (Wildman–Crippen LogP) is 4.75. The second-order valence-corrected chi connectivity index (χ2v) is 6.43. The van der Waals surface area contributed by atoms with Gasteiger partial charge in [0.2, 0.25) is 5.88 Å². The molecule has 0 saturated heterocycles. The second-order valence-electron chi connectivity index (χ2n) is 5.51. The van der Waals surface area contributed by atoms with E-state index < -0.39 is 0 Å². The van der Waals surface area contributed by atoms with Gasteiger partial charge in [0.15, 0.2) is 0 Å². The van der Waals surface area contributed by atoms with Crippen molar-refractivity contribution in [2.75, 3.05) is 0 Å². The number of ether oxygens (including phenoxy) is 1. The minimum atomic E-state index is 0.464. The number of pyridine rings is 1. The van der Waals surface area contributed by atoms with E-state index in [1.807, 2.05) is 38.2 Å². The summed E-state index contributed by atoms with van der Waals surface area (Å²) < 4.78 is 6.97. The Morgan fingerprint density at radius 1 is 1.19 bits per heavy atom. The maximum absolute atomic E-state index is 5.92. The maximum Gasteiger partial charge on any atom is 0.222 e. The van der Waals surface area contributed by atoms with Crippen LogP contribution < -0.4 is 10.1 Å². The molecule has 3 nitrogen and oxygen atoms in total. The summed E-state index contributed by atoms with van der Waals surface area (Å²) in [6.07, 6.45) is 1.87. The predicted molar refractivity (Wildman–Crippen MR) is 89.9 cm³/mol. The quantitative estimate of drug-likeness (QED) is 0.846. The number of hydrogen-bond acceptors (Lipinski definition) is 3. The summed E-state index contributed by atoms with van der Waals surface area (Å²) in [5.74, 6) is 1.50. The molecular weight excluding hydrogens is 328 g/mol. The standard InChI is InChI=1S/C17H21BrN2O/c1-11(2)19-9-14-7-13(4)17(20-10-14)21-16-6-5-15(18)8-12(16)3/h5-8,10-11,19H,9H2,1-4H3. The highest BCUT2D eigenvalue weighted by molar-refractivity contribution is 9.10. The Balaban J connectivity index is 2.13. The van der Waals surface area contributed by atoms with Gasteiger partial charge in [0, 0.05) is 28.8 Å². The van der Waals surface area contributed by atoms with E-state index in [-0.39, 0.29) is 0 Å². The molecular formula is C17H21BrN2O. The van der Waals surface area contributed by atoms with Crippen LogP contribution in [0.2, 0.25) is 0 Å². The molecule has 0 fully saturated rings. The molecule has 1 heterocycles. The Bertz CT molecular complexity index is 626. The molecule has 0 atom stereocenters. The van der Waals surface area contributed by atoms with Crippen LogP contribution in [0.25, 0.3) is 0 Å². The van der Waals surface area contributed by atoms with E-state index in [2.05, 4.69) is 46.1 Å². The zero-order chi connectivity index (χ0) is 15.4. The van der Waals surface area contributed by atoms with Crippen molar-refractivity contribution in [3.05, 3.63) is 51.6 Å². The van der Waals surface area contributed by atoms with Gasteiger partial charge in [-0.15, -0.1) is 0 Å². The first-order valence-electron chi connectivity index (χ1n) is 7.08. The van der Waals surface area contributed by atoms with Gasteiger partial charge in [0.25, 0.3) is 0 Å². The number of hydrogen-bond donors (Lipinski definition) is 1. The van der Waals surface area contributed by atoms with Gasteiger partial charge in [-0.25, -0.2) is 4.98 Å². The number of nitrogens with one attached hydrogen (secondary N) is 1. The molecule has 0 bridgehead atoms. The Morgan fingerprint density at radius 3 is 2.57 bits per heavy atom. The molecule has 0 spiro atoms. The number of aryl methyl sites for hydroxylation is 2. The van der Waals surface area contributed by atoms with Crippen molar-refractivity contribution in [2.45, 2.75) is 40.3 Å². The number of aromatic nitrogens is 1. The zero-order valence-electron chi connectivity index (χ0n) is 12.9. The van der Waals surface area contributed by atoms with E-state index >= 15 is 0 Å². The summed E-state index contributed by atoms with van der Waals surface area (Å²) in [4.78, 5) is 4.44. The molecule has 4 heteroatoms. The average Bonchev–Trinajstić information content (AvgIpc) is 2.42.